The van der Waals surface area contributed by atoms with Crippen molar-refractivity contribution in [1.82, 2.24) is 10.2 Å². The average Bonchev–Trinajstić information content (AvgIpc) is 3.30. The summed E-state index contributed by atoms with van der Waals surface area (Å²) in [6, 6.07) is 12.1. The molecule has 15 heteroatoms. The zero-order valence-corrected chi connectivity index (χ0v) is 21.1. The molecule has 1 aliphatic rings. The van der Waals surface area contributed by atoms with Crippen LogP contribution in [0, 0.1) is 0 Å². The Bertz CT molecular complexity index is 1280. The molecule has 10 nitrogen and oxygen atoms in total. The van der Waals surface area contributed by atoms with Gasteiger partial charge < -0.3 is 25.3 Å². The standard InChI is InChI=1S/C21H20ClN5O3S.C2HF3O2/c22-18-6-7-19(25-24-18)27-9-2-8-26(10-11-27)16-5-4-14(13-15(16)21(29)30)23-20(28)17-3-1-12-31-17;3-2(4,5)1(6)7/h1,3-7,12-13H,2,8-11H2,(H,23,28)(H,29,30);(H,6,7). The number of aromatic nitrogens is 2. The van der Waals surface area contributed by atoms with Crippen LogP contribution in [0.25, 0.3) is 0 Å². The first kappa shape index (κ1) is 28.7. The number of rotatable bonds is 5. The lowest BCUT2D eigenvalue weighted by Crippen LogP contribution is -2.32. The highest BCUT2D eigenvalue weighted by atomic mass is 35.5. The van der Waals surface area contributed by atoms with Crippen LogP contribution in [0.1, 0.15) is 26.5 Å². The number of aliphatic carboxylic acids is 1. The van der Waals surface area contributed by atoms with Crippen molar-refractivity contribution in [2.45, 2.75) is 12.6 Å². The van der Waals surface area contributed by atoms with E-state index in [9.17, 15) is 27.9 Å². The second-order valence-electron chi connectivity index (χ2n) is 7.81. The molecule has 1 aromatic carbocycles. The third kappa shape index (κ3) is 7.79. The van der Waals surface area contributed by atoms with E-state index in [1.807, 2.05) is 11.4 Å². The molecule has 0 spiro atoms. The Balaban J connectivity index is 0.000000505. The second kappa shape index (κ2) is 12.6. The molecule has 1 aliphatic heterocycles. The minimum absolute atomic E-state index is 0.156. The molecule has 2 aromatic heterocycles. The number of nitrogens with zero attached hydrogens (tertiary/aromatic N) is 4. The van der Waals surface area contributed by atoms with E-state index in [1.165, 1.54) is 17.4 Å². The molecule has 3 heterocycles. The monoisotopic (exact) mass is 571 g/mol. The van der Waals surface area contributed by atoms with Gasteiger partial charge in [-0.3, -0.25) is 4.79 Å². The highest BCUT2D eigenvalue weighted by Crippen LogP contribution is 2.27. The number of anilines is 3. The van der Waals surface area contributed by atoms with Gasteiger partial charge in [-0.1, -0.05) is 17.7 Å². The van der Waals surface area contributed by atoms with Crippen molar-refractivity contribution in [2.24, 2.45) is 0 Å². The summed E-state index contributed by atoms with van der Waals surface area (Å²) in [5, 5.41) is 29.9. The Labute approximate surface area is 223 Å². The number of nitrogens with one attached hydrogen (secondary N) is 1. The maximum absolute atomic E-state index is 12.3. The molecule has 3 aromatic rings. The topological polar surface area (TPSA) is 136 Å². The first-order valence-corrected chi connectivity index (χ1v) is 12.2. The van der Waals surface area contributed by atoms with Crippen molar-refractivity contribution >= 4 is 58.0 Å². The molecule has 0 atom stereocenters. The summed E-state index contributed by atoms with van der Waals surface area (Å²) in [5.41, 5.74) is 1.24. The van der Waals surface area contributed by atoms with E-state index in [0.29, 0.717) is 41.0 Å². The molecular formula is C23H21ClF3N5O5S. The van der Waals surface area contributed by atoms with Gasteiger partial charge in [0.25, 0.3) is 5.91 Å². The van der Waals surface area contributed by atoms with Crippen LogP contribution in [0.4, 0.5) is 30.4 Å². The number of hydrogen-bond acceptors (Lipinski definition) is 8. The van der Waals surface area contributed by atoms with E-state index < -0.39 is 18.1 Å². The lowest BCUT2D eigenvalue weighted by molar-refractivity contribution is -0.192. The van der Waals surface area contributed by atoms with Crippen molar-refractivity contribution < 1.29 is 37.8 Å². The second-order valence-corrected chi connectivity index (χ2v) is 9.15. The van der Waals surface area contributed by atoms with Crippen molar-refractivity contribution in [2.75, 3.05) is 41.3 Å². The fraction of sp³-hybridized carbons (Fsp3) is 0.261. The Morgan fingerprint density at radius 1 is 0.974 bits per heavy atom. The Hall–Kier alpha value is -3.91. The van der Waals surface area contributed by atoms with Crippen LogP contribution in [-0.4, -0.2) is 70.6 Å². The van der Waals surface area contributed by atoms with Crippen molar-refractivity contribution in [3.05, 3.63) is 63.4 Å². The number of carboxylic acid groups (broad SMARTS) is 2. The molecule has 1 amide bonds. The van der Waals surface area contributed by atoms with Gasteiger partial charge in [-0.2, -0.15) is 13.2 Å². The van der Waals surface area contributed by atoms with Crippen LogP contribution in [0.15, 0.2) is 47.8 Å². The molecule has 0 bridgehead atoms. The predicted octanol–water partition coefficient (Wildman–Crippen LogP) is 4.49. The van der Waals surface area contributed by atoms with Gasteiger partial charge in [-0.25, -0.2) is 9.59 Å². The molecule has 3 N–H and O–H groups in total. The van der Waals surface area contributed by atoms with Gasteiger partial charge in [0.05, 0.1) is 16.1 Å². The van der Waals surface area contributed by atoms with E-state index in [0.717, 1.165) is 18.8 Å². The minimum Gasteiger partial charge on any atom is -0.478 e. The van der Waals surface area contributed by atoms with E-state index in [1.54, 1.807) is 30.3 Å². The summed E-state index contributed by atoms with van der Waals surface area (Å²) in [6.45, 7) is 2.79. The summed E-state index contributed by atoms with van der Waals surface area (Å²) in [4.78, 5) is 37.9. The number of carbonyl (C=O) groups excluding carboxylic acids is 1. The maximum Gasteiger partial charge on any atom is 0.490 e. The molecular weight excluding hydrogens is 551 g/mol. The van der Waals surface area contributed by atoms with Crippen LogP contribution in [0.3, 0.4) is 0 Å². The minimum atomic E-state index is -5.08. The predicted molar refractivity (Wildman–Crippen MR) is 135 cm³/mol. The van der Waals surface area contributed by atoms with Crippen molar-refractivity contribution in [3.63, 3.8) is 0 Å². The summed E-state index contributed by atoms with van der Waals surface area (Å²) < 4.78 is 31.7. The van der Waals surface area contributed by atoms with Crippen LogP contribution in [0.2, 0.25) is 5.15 Å². The van der Waals surface area contributed by atoms with E-state index >= 15 is 0 Å². The summed E-state index contributed by atoms with van der Waals surface area (Å²) in [5.74, 6) is -3.30. The lowest BCUT2D eigenvalue weighted by Gasteiger charge is -2.25. The maximum atomic E-state index is 12.3. The van der Waals surface area contributed by atoms with Crippen molar-refractivity contribution in [3.8, 4) is 0 Å². The quantitative estimate of drug-likeness (QED) is 0.404. The normalized spacial score (nSPS) is 13.7. The first-order valence-electron chi connectivity index (χ1n) is 11.0. The number of aromatic carboxylic acids is 1. The highest BCUT2D eigenvalue weighted by molar-refractivity contribution is 7.12. The van der Waals surface area contributed by atoms with Gasteiger partial charge in [-0.05, 0) is 48.2 Å². The van der Waals surface area contributed by atoms with Crippen LogP contribution < -0.4 is 15.1 Å². The molecule has 0 unspecified atom stereocenters. The molecule has 38 heavy (non-hydrogen) atoms. The first-order chi connectivity index (χ1) is 18.0. The highest BCUT2D eigenvalue weighted by Gasteiger charge is 2.38. The van der Waals surface area contributed by atoms with Gasteiger partial charge in [0.15, 0.2) is 11.0 Å². The molecule has 0 aliphatic carbocycles. The van der Waals surface area contributed by atoms with Crippen LogP contribution in [0.5, 0.6) is 0 Å². The molecule has 0 saturated carbocycles. The number of amides is 1. The number of halogens is 4. The SMILES string of the molecule is O=C(Nc1ccc(N2CCCN(c3ccc(Cl)nn3)CC2)c(C(=O)O)c1)c1cccs1.O=C(O)C(F)(F)F. The van der Waals surface area contributed by atoms with E-state index in [-0.39, 0.29) is 11.5 Å². The van der Waals surface area contributed by atoms with Gasteiger partial charge >= 0.3 is 18.1 Å². The molecule has 0 radical (unpaired) electrons. The number of benzene rings is 1. The number of carboxylic acids is 2. The number of carbonyl (C=O) groups is 3. The fourth-order valence-corrected chi connectivity index (χ4v) is 4.25. The number of alkyl halides is 3. The van der Waals surface area contributed by atoms with Gasteiger partial charge in [0.2, 0.25) is 0 Å². The summed E-state index contributed by atoms with van der Waals surface area (Å²) in [6.07, 6.45) is -4.25. The van der Waals surface area contributed by atoms with Crippen LogP contribution >= 0.6 is 22.9 Å². The number of hydrogen-bond donors (Lipinski definition) is 3. The largest absolute Gasteiger partial charge is 0.490 e. The lowest BCUT2D eigenvalue weighted by atomic mass is 10.1. The third-order valence-corrected chi connectivity index (χ3v) is 6.32. The summed E-state index contributed by atoms with van der Waals surface area (Å²) >= 11 is 7.15. The number of thiophene rings is 1. The van der Waals surface area contributed by atoms with E-state index in [2.05, 4.69) is 25.3 Å². The van der Waals surface area contributed by atoms with Gasteiger partial charge in [0.1, 0.15) is 0 Å². The van der Waals surface area contributed by atoms with Gasteiger partial charge in [0, 0.05) is 31.9 Å². The molecule has 1 fully saturated rings. The Morgan fingerprint density at radius 2 is 1.66 bits per heavy atom. The third-order valence-electron chi connectivity index (χ3n) is 5.25. The smallest absolute Gasteiger partial charge is 0.478 e. The van der Waals surface area contributed by atoms with Gasteiger partial charge in [-0.15, -0.1) is 21.5 Å². The molecule has 4 rings (SSSR count). The Morgan fingerprint density at radius 3 is 2.24 bits per heavy atom. The summed E-state index contributed by atoms with van der Waals surface area (Å²) in [7, 11) is 0. The Kier molecular flexibility index (Phi) is 9.47. The van der Waals surface area contributed by atoms with Crippen molar-refractivity contribution in [1.29, 1.82) is 0 Å². The molecule has 202 valence electrons. The molecule has 1 saturated heterocycles. The van der Waals surface area contributed by atoms with E-state index in [4.69, 9.17) is 21.5 Å². The van der Waals surface area contributed by atoms with Crippen LogP contribution in [-0.2, 0) is 4.79 Å². The zero-order valence-electron chi connectivity index (χ0n) is 19.5. The fourth-order valence-electron chi connectivity index (χ4n) is 3.53. The average molecular weight is 572 g/mol. The zero-order chi connectivity index (χ0) is 27.9.